The van der Waals surface area contributed by atoms with Crippen LogP contribution >= 0.6 is 0 Å². The highest BCUT2D eigenvalue weighted by Crippen LogP contribution is 2.14. The SMILES string of the molecule is CC(=O)OCC(=O)N1CCC(C=O)CC1. The summed E-state index contributed by atoms with van der Waals surface area (Å²) >= 11 is 0. The molecule has 84 valence electrons. The highest BCUT2D eigenvalue weighted by atomic mass is 16.5. The number of carbonyl (C=O) groups excluding carboxylic acids is 3. The molecule has 1 saturated heterocycles. The molecule has 1 amide bonds. The Morgan fingerprint density at radius 1 is 1.40 bits per heavy atom. The fraction of sp³-hybridized carbons (Fsp3) is 0.700. The summed E-state index contributed by atoms with van der Waals surface area (Å²) in [6, 6.07) is 0. The lowest BCUT2D eigenvalue weighted by Gasteiger charge is -2.29. The van der Waals surface area contributed by atoms with E-state index in [9.17, 15) is 14.4 Å². The van der Waals surface area contributed by atoms with Gasteiger partial charge in [0.2, 0.25) is 0 Å². The van der Waals surface area contributed by atoms with Crippen LogP contribution < -0.4 is 0 Å². The number of rotatable bonds is 3. The van der Waals surface area contributed by atoms with Crippen LogP contribution in [0.4, 0.5) is 0 Å². The van der Waals surface area contributed by atoms with Gasteiger partial charge in [0.15, 0.2) is 6.61 Å². The molecule has 1 rings (SSSR count). The van der Waals surface area contributed by atoms with Crippen LogP contribution in [0.3, 0.4) is 0 Å². The highest BCUT2D eigenvalue weighted by Gasteiger charge is 2.22. The molecule has 15 heavy (non-hydrogen) atoms. The Morgan fingerprint density at radius 2 is 2.00 bits per heavy atom. The minimum atomic E-state index is -0.453. The molecule has 0 aromatic rings. The first-order chi connectivity index (χ1) is 7.13. The van der Waals surface area contributed by atoms with Crippen LogP contribution in [0, 0.1) is 5.92 Å². The normalized spacial score (nSPS) is 17.3. The van der Waals surface area contributed by atoms with Gasteiger partial charge in [-0.3, -0.25) is 9.59 Å². The molecule has 0 unspecified atom stereocenters. The molecule has 5 heteroatoms. The van der Waals surface area contributed by atoms with Crippen LogP contribution in [0.1, 0.15) is 19.8 Å². The number of hydrogen-bond acceptors (Lipinski definition) is 4. The zero-order chi connectivity index (χ0) is 11.3. The van der Waals surface area contributed by atoms with E-state index >= 15 is 0 Å². The van der Waals surface area contributed by atoms with Gasteiger partial charge in [0.25, 0.3) is 5.91 Å². The first-order valence-corrected chi connectivity index (χ1v) is 5.00. The second kappa shape index (κ2) is 5.48. The van der Waals surface area contributed by atoms with E-state index in [4.69, 9.17) is 0 Å². The van der Waals surface area contributed by atoms with Gasteiger partial charge in [0, 0.05) is 25.9 Å². The van der Waals surface area contributed by atoms with Gasteiger partial charge in [0.05, 0.1) is 0 Å². The molecule has 0 spiro atoms. The molecule has 0 aliphatic carbocycles. The zero-order valence-electron chi connectivity index (χ0n) is 8.77. The number of aldehydes is 1. The molecular formula is C10H15NO4. The minimum Gasteiger partial charge on any atom is -0.456 e. The largest absolute Gasteiger partial charge is 0.456 e. The second-order valence-electron chi connectivity index (χ2n) is 3.63. The van der Waals surface area contributed by atoms with E-state index in [2.05, 4.69) is 4.74 Å². The molecule has 5 nitrogen and oxygen atoms in total. The Labute approximate surface area is 88.4 Å². The Balaban J connectivity index is 2.29. The fourth-order valence-corrected chi connectivity index (χ4v) is 1.54. The third-order valence-corrected chi connectivity index (χ3v) is 2.48. The van der Waals surface area contributed by atoms with E-state index in [1.165, 1.54) is 6.92 Å². The van der Waals surface area contributed by atoms with Crippen LogP contribution in [0.25, 0.3) is 0 Å². The van der Waals surface area contributed by atoms with E-state index in [0.717, 1.165) is 6.29 Å². The quantitative estimate of drug-likeness (QED) is 0.488. The number of carbonyl (C=O) groups is 3. The first-order valence-electron chi connectivity index (χ1n) is 5.00. The molecule has 0 radical (unpaired) electrons. The number of esters is 1. The van der Waals surface area contributed by atoms with E-state index in [1.807, 2.05) is 0 Å². The van der Waals surface area contributed by atoms with E-state index in [0.29, 0.717) is 25.9 Å². The predicted molar refractivity (Wildman–Crippen MR) is 52.0 cm³/mol. The first kappa shape index (κ1) is 11.7. The lowest BCUT2D eigenvalue weighted by molar-refractivity contribution is -0.150. The van der Waals surface area contributed by atoms with Gasteiger partial charge in [-0.2, -0.15) is 0 Å². The van der Waals surface area contributed by atoms with E-state index in [1.54, 1.807) is 4.90 Å². The van der Waals surface area contributed by atoms with Crippen LogP contribution in [0.2, 0.25) is 0 Å². The van der Waals surface area contributed by atoms with Crippen molar-refractivity contribution in [2.45, 2.75) is 19.8 Å². The van der Waals surface area contributed by atoms with E-state index in [-0.39, 0.29) is 18.4 Å². The summed E-state index contributed by atoms with van der Waals surface area (Å²) in [7, 11) is 0. The molecule has 0 aromatic carbocycles. The minimum absolute atomic E-state index is 0.0720. The molecule has 0 saturated carbocycles. The standard InChI is InChI=1S/C10H15NO4/c1-8(13)15-7-10(14)11-4-2-9(6-12)3-5-11/h6,9H,2-5,7H2,1H3. The average Bonchev–Trinajstić information content (AvgIpc) is 2.26. The van der Waals surface area contributed by atoms with Gasteiger partial charge in [-0.1, -0.05) is 0 Å². The molecular weight excluding hydrogens is 198 g/mol. The Kier molecular flexibility index (Phi) is 4.27. The number of nitrogens with zero attached hydrogens (tertiary/aromatic N) is 1. The van der Waals surface area contributed by atoms with Crippen LogP contribution in [-0.2, 0) is 19.1 Å². The van der Waals surface area contributed by atoms with Gasteiger partial charge in [0.1, 0.15) is 6.29 Å². The maximum absolute atomic E-state index is 11.5. The fourth-order valence-electron chi connectivity index (χ4n) is 1.54. The molecule has 0 atom stereocenters. The summed E-state index contributed by atoms with van der Waals surface area (Å²) in [6.45, 7) is 2.22. The lowest BCUT2D eigenvalue weighted by Crippen LogP contribution is -2.40. The Morgan fingerprint density at radius 3 is 2.47 bits per heavy atom. The van der Waals surface area contributed by atoms with Gasteiger partial charge in [-0.25, -0.2) is 0 Å². The summed E-state index contributed by atoms with van der Waals surface area (Å²) in [6.07, 6.45) is 2.35. The molecule has 1 heterocycles. The van der Waals surface area contributed by atoms with Gasteiger partial charge in [-0.05, 0) is 12.8 Å². The number of piperidine rings is 1. The van der Waals surface area contributed by atoms with E-state index < -0.39 is 5.97 Å². The number of ether oxygens (including phenoxy) is 1. The van der Waals surface area contributed by atoms with Crippen molar-refractivity contribution in [2.24, 2.45) is 5.92 Å². The highest BCUT2D eigenvalue weighted by molar-refractivity contribution is 5.80. The third kappa shape index (κ3) is 3.69. The molecule has 1 aliphatic rings. The topological polar surface area (TPSA) is 63.7 Å². The second-order valence-corrected chi connectivity index (χ2v) is 3.63. The van der Waals surface area contributed by atoms with Crippen molar-refractivity contribution in [3.05, 3.63) is 0 Å². The lowest BCUT2D eigenvalue weighted by atomic mass is 9.99. The predicted octanol–water partition coefficient (Wildman–Crippen LogP) is -0.0130. The number of hydrogen-bond donors (Lipinski definition) is 0. The maximum atomic E-state index is 11.5. The summed E-state index contributed by atoms with van der Waals surface area (Å²) in [5, 5.41) is 0. The summed E-state index contributed by atoms with van der Waals surface area (Å²) < 4.78 is 4.61. The summed E-state index contributed by atoms with van der Waals surface area (Å²) in [4.78, 5) is 34.1. The van der Waals surface area contributed by atoms with Crippen molar-refractivity contribution in [1.29, 1.82) is 0 Å². The van der Waals surface area contributed by atoms with Crippen LogP contribution in [0.15, 0.2) is 0 Å². The molecule has 1 fully saturated rings. The smallest absolute Gasteiger partial charge is 0.303 e. The van der Waals surface area contributed by atoms with Crippen molar-refractivity contribution in [1.82, 2.24) is 4.90 Å². The van der Waals surface area contributed by atoms with Crippen molar-refractivity contribution < 1.29 is 19.1 Å². The molecule has 0 bridgehead atoms. The van der Waals surface area contributed by atoms with Gasteiger partial charge >= 0.3 is 5.97 Å². The molecule has 0 N–H and O–H groups in total. The molecule has 0 aromatic heterocycles. The molecule has 1 aliphatic heterocycles. The monoisotopic (exact) mass is 213 g/mol. The van der Waals surface area contributed by atoms with Gasteiger partial charge < -0.3 is 14.4 Å². The van der Waals surface area contributed by atoms with Crippen LogP contribution in [-0.4, -0.2) is 42.8 Å². The van der Waals surface area contributed by atoms with Crippen molar-refractivity contribution >= 4 is 18.2 Å². The summed E-state index contributed by atoms with van der Waals surface area (Å²) in [5.41, 5.74) is 0. The van der Waals surface area contributed by atoms with Crippen LogP contribution in [0.5, 0.6) is 0 Å². The van der Waals surface area contributed by atoms with Crippen molar-refractivity contribution in [3.63, 3.8) is 0 Å². The maximum Gasteiger partial charge on any atom is 0.303 e. The number of likely N-dealkylation sites (tertiary alicyclic amines) is 1. The average molecular weight is 213 g/mol. The number of amides is 1. The summed E-state index contributed by atoms with van der Waals surface area (Å²) in [5.74, 6) is -0.566. The van der Waals surface area contributed by atoms with Crippen molar-refractivity contribution in [3.8, 4) is 0 Å². The van der Waals surface area contributed by atoms with Crippen molar-refractivity contribution in [2.75, 3.05) is 19.7 Å². The Hall–Kier alpha value is -1.39. The van der Waals surface area contributed by atoms with Gasteiger partial charge in [-0.15, -0.1) is 0 Å². The third-order valence-electron chi connectivity index (χ3n) is 2.48. The zero-order valence-corrected chi connectivity index (χ0v) is 8.77. The Bertz CT molecular complexity index is 256.